The molecule has 0 fully saturated rings. The largest absolute Gasteiger partial charge is 0.480 e. The number of likely N-dealkylation sites (N-methyl/N-ethyl adjacent to an activating group) is 1. The minimum Gasteiger partial charge on any atom is -0.480 e. The van der Waals surface area contributed by atoms with Crippen molar-refractivity contribution in [1.29, 1.82) is 0 Å². The molecule has 15 heavy (non-hydrogen) atoms. The van der Waals surface area contributed by atoms with Crippen LogP contribution in [0.15, 0.2) is 0 Å². The topological polar surface area (TPSA) is 52.6 Å². The fourth-order valence-corrected chi connectivity index (χ4v) is 1.53. The highest BCUT2D eigenvalue weighted by atomic mass is 16.4. The fraction of sp³-hybridized carbons (Fsp3) is 0.909. The normalized spacial score (nSPS) is 13.5. The van der Waals surface area contributed by atoms with E-state index in [4.69, 9.17) is 5.11 Å². The average molecular weight is 216 g/mol. The molecule has 0 bridgehead atoms. The number of carbonyl (C=O) groups is 1. The highest BCUT2D eigenvalue weighted by Gasteiger charge is 2.20. The summed E-state index contributed by atoms with van der Waals surface area (Å²) in [5.41, 5.74) is 0. The molecule has 0 aromatic heterocycles. The van der Waals surface area contributed by atoms with Gasteiger partial charge in [-0.05, 0) is 19.0 Å². The van der Waals surface area contributed by atoms with E-state index in [1.165, 1.54) is 0 Å². The lowest BCUT2D eigenvalue weighted by Gasteiger charge is -2.22. The molecule has 0 aliphatic rings. The predicted molar refractivity (Wildman–Crippen MR) is 62.1 cm³/mol. The number of nitrogens with zero attached hydrogens (tertiary/aromatic N) is 1. The first kappa shape index (κ1) is 14.4. The highest BCUT2D eigenvalue weighted by molar-refractivity contribution is 5.73. The van der Waals surface area contributed by atoms with Crippen LogP contribution in [0, 0.1) is 5.92 Å². The van der Waals surface area contributed by atoms with Gasteiger partial charge in [-0.25, -0.2) is 0 Å². The van der Waals surface area contributed by atoms with Crippen molar-refractivity contribution < 1.29 is 9.90 Å². The van der Waals surface area contributed by atoms with E-state index in [0.29, 0.717) is 0 Å². The molecule has 0 saturated carbocycles. The van der Waals surface area contributed by atoms with Crippen LogP contribution in [0.25, 0.3) is 0 Å². The molecule has 0 saturated heterocycles. The van der Waals surface area contributed by atoms with Crippen LogP contribution in [0.5, 0.6) is 0 Å². The van der Waals surface area contributed by atoms with Crippen LogP contribution in [0.1, 0.15) is 27.7 Å². The first-order valence-corrected chi connectivity index (χ1v) is 5.71. The number of rotatable bonds is 8. The van der Waals surface area contributed by atoms with Crippen molar-refractivity contribution in [2.24, 2.45) is 5.92 Å². The minimum atomic E-state index is -0.760. The van der Waals surface area contributed by atoms with Gasteiger partial charge in [-0.3, -0.25) is 4.79 Å². The maximum absolute atomic E-state index is 10.9. The van der Waals surface area contributed by atoms with Gasteiger partial charge in [0.05, 0.1) is 0 Å². The van der Waals surface area contributed by atoms with Crippen molar-refractivity contribution >= 4 is 5.97 Å². The number of carboxylic acid groups (broad SMARTS) is 1. The van der Waals surface area contributed by atoms with Crippen molar-refractivity contribution in [3.05, 3.63) is 0 Å². The Bertz CT molecular complexity index is 179. The van der Waals surface area contributed by atoms with Crippen LogP contribution in [0.3, 0.4) is 0 Å². The summed E-state index contributed by atoms with van der Waals surface area (Å²) < 4.78 is 0. The average Bonchev–Trinajstić information content (AvgIpc) is 2.17. The lowest BCUT2D eigenvalue weighted by Crippen LogP contribution is -2.44. The summed E-state index contributed by atoms with van der Waals surface area (Å²) in [6.07, 6.45) is 0. The van der Waals surface area contributed by atoms with Crippen LogP contribution < -0.4 is 5.32 Å². The molecule has 0 spiro atoms. The lowest BCUT2D eigenvalue weighted by molar-refractivity contribution is -0.140. The van der Waals surface area contributed by atoms with Gasteiger partial charge in [0.2, 0.25) is 0 Å². The molecule has 4 nitrogen and oxygen atoms in total. The molecule has 1 atom stereocenters. The van der Waals surface area contributed by atoms with Crippen LogP contribution >= 0.6 is 0 Å². The second kappa shape index (κ2) is 7.65. The Balaban J connectivity index is 3.85. The SMILES string of the molecule is CCN(CC)CCNC(C(=O)O)C(C)C. The van der Waals surface area contributed by atoms with Gasteiger partial charge in [0, 0.05) is 13.1 Å². The van der Waals surface area contributed by atoms with E-state index in [0.717, 1.165) is 26.2 Å². The molecule has 0 heterocycles. The van der Waals surface area contributed by atoms with Gasteiger partial charge < -0.3 is 15.3 Å². The Morgan fingerprint density at radius 1 is 1.33 bits per heavy atom. The third kappa shape index (κ3) is 5.74. The van der Waals surface area contributed by atoms with Gasteiger partial charge in [-0.2, -0.15) is 0 Å². The summed E-state index contributed by atoms with van der Waals surface area (Å²) in [7, 11) is 0. The van der Waals surface area contributed by atoms with Gasteiger partial charge in [-0.1, -0.05) is 27.7 Å². The molecular weight excluding hydrogens is 192 g/mol. The zero-order valence-electron chi connectivity index (χ0n) is 10.3. The highest BCUT2D eigenvalue weighted by Crippen LogP contribution is 2.01. The molecule has 0 aliphatic heterocycles. The first-order chi connectivity index (χ1) is 7.02. The Kier molecular flexibility index (Phi) is 7.34. The van der Waals surface area contributed by atoms with Crippen LogP contribution in [0.4, 0.5) is 0 Å². The molecule has 0 amide bonds. The number of nitrogens with one attached hydrogen (secondary N) is 1. The summed E-state index contributed by atoms with van der Waals surface area (Å²) in [6.45, 7) is 11.7. The fourth-order valence-electron chi connectivity index (χ4n) is 1.53. The van der Waals surface area contributed by atoms with Crippen LogP contribution in [0.2, 0.25) is 0 Å². The van der Waals surface area contributed by atoms with Gasteiger partial charge in [0.25, 0.3) is 0 Å². The Morgan fingerprint density at radius 3 is 2.20 bits per heavy atom. The zero-order chi connectivity index (χ0) is 11.8. The second-order valence-electron chi connectivity index (χ2n) is 4.04. The quantitative estimate of drug-likeness (QED) is 0.636. The first-order valence-electron chi connectivity index (χ1n) is 5.71. The van der Waals surface area contributed by atoms with Crippen LogP contribution in [-0.4, -0.2) is 48.2 Å². The third-order valence-corrected chi connectivity index (χ3v) is 2.62. The van der Waals surface area contributed by atoms with Crippen molar-refractivity contribution in [3.63, 3.8) is 0 Å². The predicted octanol–water partition coefficient (Wildman–Crippen LogP) is 1.03. The molecule has 0 aliphatic carbocycles. The molecule has 4 heteroatoms. The Hall–Kier alpha value is -0.610. The zero-order valence-corrected chi connectivity index (χ0v) is 10.3. The van der Waals surface area contributed by atoms with E-state index in [9.17, 15) is 4.79 Å². The minimum absolute atomic E-state index is 0.124. The molecule has 0 radical (unpaired) electrons. The molecule has 0 rings (SSSR count). The van der Waals surface area contributed by atoms with E-state index < -0.39 is 12.0 Å². The van der Waals surface area contributed by atoms with E-state index in [1.807, 2.05) is 13.8 Å². The molecule has 0 aromatic carbocycles. The van der Waals surface area contributed by atoms with E-state index in [2.05, 4.69) is 24.1 Å². The molecular formula is C11H24N2O2. The Morgan fingerprint density at radius 2 is 1.87 bits per heavy atom. The summed E-state index contributed by atoms with van der Waals surface area (Å²) in [4.78, 5) is 13.1. The van der Waals surface area contributed by atoms with E-state index >= 15 is 0 Å². The lowest BCUT2D eigenvalue weighted by atomic mass is 10.1. The van der Waals surface area contributed by atoms with E-state index in [-0.39, 0.29) is 5.92 Å². The van der Waals surface area contributed by atoms with Gasteiger partial charge in [-0.15, -0.1) is 0 Å². The summed E-state index contributed by atoms with van der Waals surface area (Å²) in [6, 6.07) is -0.430. The van der Waals surface area contributed by atoms with Crippen LogP contribution in [-0.2, 0) is 4.79 Å². The van der Waals surface area contributed by atoms with Crippen molar-refractivity contribution in [2.45, 2.75) is 33.7 Å². The maximum atomic E-state index is 10.9. The van der Waals surface area contributed by atoms with Gasteiger partial charge >= 0.3 is 5.97 Å². The number of aliphatic carboxylic acids is 1. The van der Waals surface area contributed by atoms with E-state index in [1.54, 1.807) is 0 Å². The van der Waals surface area contributed by atoms with Crippen molar-refractivity contribution in [2.75, 3.05) is 26.2 Å². The molecule has 2 N–H and O–H groups in total. The standard InChI is InChI=1S/C11H24N2O2/c1-5-13(6-2)8-7-12-10(9(3)4)11(14)15/h9-10,12H,5-8H2,1-4H3,(H,14,15). The number of hydrogen-bond donors (Lipinski definition) is 2. The summed E-state index contributed by atoms with van der Waals surface area (Å²) >= 11 is 0. The third-order valence-electron chi connectivity index (χ3n) is 2.62. The number of hydrogen-bond acceptors (Lipinski definition) is 3. The van der Waals surface area contributed by atoms with Gasteiger partial charge in [0.15, 0.2) is 0 Å². The van der Waals surface area contributed by atoms with Crippen molar-refractivity contribution in [3.8, 4) is 0 Å². The van der Waals surface area contributed by atoms with Crippen molar-refractivity contribution in [1.82, 2.24) is 10.2 Å². The monoisotopic (exact) mass is 216 g/mol. The summed E-state index contributed by atoms with van der Waals surface area (Å²) in [5.74, 6) is -0.635. The van der Waals surface area contributed by atoms with Gasteiger partial charge in [0.1, 0.15) is 6.04 Å². The Labute approximate surface area is 92.7 Å². The molecule has 1 unspecified atom stereocenters. The second-order valence-corrected chi connectivity index (χ2v) is 4.04. The maximum Gasteiger partial charge on any atom is 0.320 e. The molecule has 90 valence electrons. The smallest absolute Gasteiger partial charge is 0.320 e. The summed E-state index contributed by atoms with van der Waals surface area (Å²) in [5, 5.41) is 12.0. The molecule has 0 aromatic rings. The number of carboxylic acids is 1.